The number of aliphatic hydroxyl groups excluding tert-OH is 1. The molecular formula is C28H36ClFN6O5S2. The number of anilines is 2. The van der Waals surface area contributed by atoms with Crippen LogP contribution in [0, 0.1) is 0 Å². The predicted molar refractivity (Wildman–Crippen MR) is 166 cm³/mol. The quantitative estimate of drug-likeness (QED) is 0.342. The summed E-state index contributed by atoms with van der Waals surface area (Å²) in [6.07, 6.45) is 2.01. The van der Waals surface area contributed by atoms with E-state index in [-0.39, 0.29) is 13.1 Å². The molecule has 2 aliphatic rings. The molecule has 234 valence electrons. The molecule has 1 unspecified atom stereocenters. The van der Waals surface area contributed by atoms with Gasteiger partial charge in [-0.15, -0.1) is 0 Å². The van der Waals surface area contributed by atoms with Crippen molar-refractivity contribution >= 4 is 43.0 Å². The number of nitrogens with one attached hydrogen (secondary N) is 1. The summed E-state index contributed by atoms with van der Waals surface area (Å²) in [5, 5.41) is 16.4. The van der Waals surface area contributed by atoms with Gasteiger partial charge in [0.25, 0.3) is 0 Å². The minimum Gasteiger partial charge on any atom is -0.390 e. The van der Waals surface area contributed by atoms with Crippen molar-refractivity contribution in [2.24, 2.45) is 0 Å². The first-order valence-corrected chi connectivity index (χ1v) is 18.0. The van der Waals surface area contributed by atoms with E-state index < -0.39 is 32.8 Å². The zero-order valence-corrected chi connectivity index (χ0v) is 26.5. The number of aliphatic hydroxyl groups is 1. The Kier molecular flexibility index (Phi) is 9.35. The third kappa shape index (κ3) is 7.49. The lowest BCUT2D eigenvalue weighted by Crippen LogP contribution is -2.49. The van der Waals surface area contributed by atoms with Crippen LogP contribution in [0.2, 0.25) is 5.02 Å². The number of β-amino-alcohol motifs (C(OH)–C–C–N with tert-alkyl or cyclic N) is 1. The molecule has 1 aromatic heterocycles. The molecule has 0 radical (unpaired) electrons. The molecule has 11 nitrogen and oxygen atoms in total. The van der Waals surface area contributed by atoms with E-state index in [2.05, 4.69) is 9.62 Å². The standard InChI is InChI=1S/C28H36ClFN6O5S2/c1-42(38,39)32-25-5-3-4-24(29)28(25)34-14-12-33(13-15-34)17-22(37)18-36-26-10-11-35(43(2,40)41)19-23(26)27(31-36)21-8-6-20(16-30)7-9-21/h3-9,22,32,37H,10-19H2,1-2H3. The lowest BCUT2D eigenvalue weighted by atomic mass is 10.0. The fraction of sp³-hybridized carbons (Fsp3) is 0.464. The fourth-order valence-corrected chi connectivity index (χ4v) is 7.36. The molecule has 5 rings (SSSR count). The van der Waals surface area contributed by atoms with Crippen LogP contribution in [0.25, 0.3) is 11.3 Å². The molecule has 2 N–H and O–H groups in total. The normalized spacial score (nSPS) is 17.6. The number of halogens is 2. The number of benzene rings is 2. The van der Waals surface area contributed by atoms with E-state index in [1.54, 1.807) is 47.1 Å². The molecule has 0 amide bonds. The van der Waals surface area contributed by atoms with Gasteiger partial charge in [-0.25, -0.2) is 21.2 Å². The third-order valence-corrected chi connectivity index (χ3v) is 9.92. The van der Waals surface area contributed by atoms with Gasteiger partial charge in [-0.1, -0.05) is 41.9 Å². The monoisotopic (exact) mass is 654 g/mol. The Morgan fingerprint density at radius 2 is 1.70 bits per heavy atom. The van der Waals surface area contributed by atoms with Gasteiger partial charge < -0.3 is 10.0 Å². The maximum Gasteiger partial charge on any atom is 0.229 e. The fourth-order valence-electron chi connectivity index (χ4n) is 5.71. The molecule has 43 heavy (non-hydrogen) atoms. The van der Waals surface area contributed by atoms with Crippen molar-refractivity contribution in [1.82, 2.24) is 19.0 Å². The van der Waals surface area contributed by atoms with E-state index in [0.717, 1.165) is 23.1 Å². The smallest absolute Gasteiger partial charge is 0.229 e. The van der Waals surface area contributed by atoms with Crippen LogP contribution >= 0.6 is 11.6 Å². The summed E-state index contributed by atoms with van der Waals surface area (Å²) in [4.78, 5) is 4.18. The van der Waals surface area contributed by atoms with E-state index in [9.17, 15) is 26.3 Å². The van der Waals surface area contributed by atoms with Gasteiger partial charge in [-0.3, -0.25) is 14.3 Å². The Hall–Kier alpha value is -2.75. The van der Waals surface area contributed by atoms with Crippen molar-refractivity contribution in [2.45, 2.75) is 32.3 Å². The second kappa shape index (κ2) is 12.7. The number of rotatable bonds is 10. The van der Waals surface area contributed by atoms with Crippen LogP contribution in [0.1, 0.15) is 16.8 Å². The predicted octanol–water partition coefficient (Wildman–Crippen LogP) is 2.55. The Balaban J connectivity index is 1.29. The molecule has 0 bridgehead atoms. The highest BCUT2D eigenvalue weighted by Crippen LogP contribution is 2.35. The SMILES string of the molecule is CS(=O)(=O)Nc1cccc(Cl)c1N1CCN(CC(O)Cn2nc(-c3ccc(CF)cc3)c3c2CCN(S(C)(=O)=O)C3)CC1. The van der Waals surface area contributed by atoms with Gasteiger partial charge >= 0.3 is 0 Å². The largest absolute Gasteiger partial charge is 0.390 e. The number of fused-ring (bicyclic) bond motifs is 1. The van der Waals surface area contributed by atoms with Crippen LogP contribution in [0.3, 0.4) is 0 Å². The van der Waals surface area contributed by atoms with Crippen molar-refractivity contribution in [2.75, 3.05) is 61.4 Å². The van der Waals surface area contributed by atoms with Crippen molar-refractivity contribution in [3.8, 4) is 11.3 Å². The zero-order valence-electron chi connectivity index (χ0n) is 24.1. The lowest BCUT2D eigenvalue weighted by molar-refractivity contribution is 0.0911. The van der Waals surface area contributed by atoms with Crippen molar-refractivity contribution < 1.29 is 26.3 Å². The van der Waals surface area contributed by atoms with Gasteiger partial charge in [0, 0.05) is 69.1 Å². The average Bonchev–Trinajstić information content (AvgIpc) is 3.30. The highest BCUT2D eigenvalue weighted by atomic mass is 35.5. The summed E-state index contributed by atoms with van der Waals surface area (Å²) in [6.45, 7) is 3.01. The molecule has 2 aliphatic heterocycles. The van der Waals surface area contributed by atoms with Crippen LogP contribution in [-0.2, 0) is 46.2 Å². The highest BCUT2D eigenvalue weighted by Gasteiger charge is 2.31. The van der Waals surface area contributed by atoms with Gasteiger partial charge in [0.15, 0.2) is 0 Å². The minimum atomic E-state index is -3.48. The molecular weight excluding hydrogens is 619 g/mol. The molecule has 1 saturated heterocycles. The molecule has 3 heterocycles. The molecule has 0 spiro atoms. The average molecular weight is 655 g/mol. The number of para-hydroxylation sites is 1. The first kappa shape index (κ1) is 31.7. The second-order valence-corrected chi connectivity index (χ2v) is 15.2. The number of alkyl halides is 1. The molecule has 0 saturated carbocycles. The Bertz CT molecular complexity index is 1680. The first-order valence-electron chi connectivity index (χ1n) is 13.9. The summed E-state index contributed by atoms with van der Waals surface area (Å²) in [5.41, 5.74) is 4.68. The summed E-state index contributed by atoms with van der Waals surface area (Å²) < 4.78 is 67.2. The van der Waals surface area contributed by atoms with Gasteiger partial charge in [0.1, 0.15) is 6.67 Å². The maximum atomic E-state index is 13.1. The number of nitrogens with zero attached hydrogens (tertiary/aromatic N) is 5. The summed E-state index contributed by atoms with van der Waals surface area (Å²) >= 11 is 6.46. The van der Waals surface area contributed by atoms with E-state index in [4.69, 9.17) is 16.7 Å². The zero-order chi connectivity index (χ0) is 30.9. The molecule has 2 aromatic carbocycles. The number of hydrogen-bond acceptors (Lipinski definition) is 8. The van der Waals surface area contributed by atoms with E-state index in [1.807, 2.05) is 4.90 Å². The van der Waals surface area contributed by atoms with Crippen molar-refractivity contribution in [3.63, 3.8) is 0 Å². The van der Waals surface area contributed by atoms with Gasteiger partial charge in [-0.05, 0) is 17.7 Å². The number of sulfonamides is 2. The van der Waals surface area contributed by atoms with Crippen LogP contribution in [0.15, 0.2) is 42.5 Å². The van der Waals surface area contributed by atoms with Crippen LogP contribution < -0.4 is 9.62 Å². The molecule has 15 heteroatoms. The third-order valence-electron chi connectivity index (χ3n) is 7.77. The van der Waals surface area contributed by atoms with Gasteiger partial charge in [0.2, 0.25) is 20.0 Å². The number of hydrogen-bond donors (Lipinski definition) is 2. The Morgan fingerprint density at radius 3 is 2.33 bits per heavy atom. The number of aromatic nitrogens is 2. The summed E-state index contributed by atoms with van der Waals surface area (Å²) in [6, 6.07) is 12.1. The van der Waals surface area contributed by atoms with E-state index >= 15 is 0 Å². The Morgan fingerprint density at radius 1 is 1.00 bits per heavy atom. The van der Waals surface area contributed by atoms with Gasteiger partial charge in [0.05, 0.1) is 47.3 Å². The molecule has 1 atom stereocenters. The van der Waals surface area contributed by atoms with Crippen LogP contribution in [-0.4, -0.2) is 98.8 Å². The lowest BCUT2D eigenvalue weighted by Gasteiger charge is -2.38. The number of piperazine rings is 1. The molecule has 1 fully saturated rings. The highest BCUT2D eigenvalue weighted by molar-refractivity contribution is 7.92. The molecule has 3 aromatic rings. The Labute approximate surface area is 256 Å². The summed E-state index contributed by atoms with van der Waals surface area (Å²) in [5.74, 6) is 0. The minimum absolute atomic E-state index is 0.185. The molecule has 0 aliphatic carbocycles. The first-order chi connectivity index (χ1) is 20.3. The topological polar surface area (TPSA) is 128 Å². The summed E-state index contributed by atoms with van der Waals surface area (Å²) in [7, 11) is -6.89. The van der Waals surface area contributed by atoms with Crippen LogP contribution in [0.5, 0.6) is 0 Å². The maximum absolute atomic E-state index is 13.1. The van der Waals surface area contributed by atoms with Crippen molar-refractivity contribution in [1.29, 1.82) is 0 Å². The van der Waals surface area contributed by atoms with E-state index in [0.29, 0.717) is 73.3 Å². The van der Waals surface area contributed by atoms with Crippen molar-refractivity contribution in [3.05, 3.63) is 64.3 Å². The second-order valence-electron chi connectivity index (χ2n) is 11.1. The van der Waals surface area contributed by atoms with E-state index in [1.165, 1.54) is 10.6 Å². The van der Waals surface area contributed by atoms with Crippen LogP contribution in [0.4, 0.5) is 15.8 Å². The van der Waals surface area contributed by atoms with Gasteiger partial charge in [-0.2, -0.15) is 9.40 Å².